The Balaban J connectivity index is 1.35. The summed E-state index contributed by atoms with van der Waals surface area (Å²) < 4.78 is 0. The van der Waals surface area contributed by atoms with Crippen LogP contribution in [0.15, 0.2) is 11.6 Å². The van der Waals surface area contributed by atoms with Crippen molar-refractivity contribution in [2.24, 2.45) is 28.9 Å². The second-order valence-electron chi connectivity index (χ2n) is 8.37. The van der Waals surface area contributed by atoms with E-state index in [1.54, 1.807) is 5.57 Å². The standard InChI is InChI=1S/C19H31N3O2/c1-19(2)15-4-3-13(16(19)11-15)5-8-21-17(23)12-22-9-6-14(7-10-22)18(20)24/h3,14-16H,4-12H2,1-2H3,(H2,20,24)(H,21,23)/t15-,16-/m0/s1. The summed E-state index contributed by atoms with van der Waals surface area (Å²) in [6.45, 7) is 7.50. The van der Waals surface area contributed by atoms with Crippen molar-refractivity contribution in [2.75, 3.05) is 26.2 Å². The van der Waals surface area contributed by atoms with E-state index in [2.05, 4.69) is 30.1 Å². The van der Waals surface area contributed by atoms with Crippen molar-refractivity contribution in [1.82, 2.24) is 10.2 Å². The quantitative estimate of drug-likeness (QED) is 0.726. The molecule has 3 aliphatic carbocycles. The van der Waals surface area contributed by atoms with Crippen LogP contribution in [0.3, 0.4) is 0 Å². The lowest BCUT2D eigenvalue weighted by Gasteiger charge is -2.56. The number of primary amides is 1. The first-order valence-corrected chi connectivity index (χ1v) is 9.35. The minimum Gasteiger partial charge on any atom is -0.369 e. The molecule has 4 rings (SSSR count). The number of nitrogens with zero attached hydrogens (tertiary/aromatic N) is 1. The molecule has 3 N–H and O–H groups in total. The van der Waals surface area contributed by atoms with E-state index >= 15 is 0 Å². The Morgan fingerprint density at radius 1 is 1.33 bits per heavy atom. The molecule has 0 radical (unpaired) electrons. The van der Waals surface area contributed by atoms with Crippen molar-refractivity contribution in [3.05, 3.63) is 11.6 Å². The van der Waals surface area contributed by atoms with Gasteiger partial charge in [-0.1, -0.05) is 25.5 Å². The summed E-state index contributed by atoms with van der Waals surface area (Å²) in [6, 6.07) is 0. The topological polar surface area (TPSA) is 75.4 Å². The number of amides is 2. The highest BCUT2D eigenvalue weighted by molar-refractivity contribution is 5.78. The van der Waals surface area contributed by atoms with Crippen molar-refractivity contribution in [1.29, 1.82) is 0 Å². The molecule has 24 heavy (non-hydrogen) atoms. The van der Waals surface area contributed by atoms with E-state index in [9.17, 15) is 9.59 Å². The molecule has 0 aromatic heterocycles. The number of rotatable bonds is 6. The molecular formula is C19H31N3O2. The number of hydrogen-bond acceptors (Lipinski definition) is 3. The summed E-state index contributed by atoms with van der Waals surface area (Å²) in [7, 11) is 0. The molecule has 5 heteroatoms. The zero-order valence-corrected chi connectivity index (χ0v) is 15.0. The van der Waals surface area contributed by atoms with Crippen LogP contribution in [0.1, 0.15) is 46.0 Å². The fraction of sp³-hybridized carbons (Fsp3) is 0.789. The third-order valence-electron chi connectivity index (χ3n) is 6.68. The van der Waals surface area contributed by atoms with Gasteiger partial charge in [-0.2, -0.15) is 0 Å². The molecule has 0 aromatic carbocycles. The summed E-state index contributed by atoms with van der Waals surface area (Å²) in [5.74, 6) is 1.46. The number of allylic oxidation sites excluding steroid dienone is 1. The third kappa shape index (κ3) is 3.51. The molecule has 2 amide bonds. The lowest BCUT2D eigenvalue weighted by atomic mass is 9.48. The van der Waals surface area contributed by atoms with Gasteiger partial charge in [0.1, 0.15) is 0 Å². The fourth-order valence-corrected chi connectivity index (χ4v) is 4.74. The molecule has 1 saturated heterocycles. The summed E-state index contributed by atoms with van der Waals surface area (Å²) in [6.07, 6.45) is 7.48. The lowest BCUT2D eigenvalue weighted by Crippen LogP contribution is -2.48. The van der Waals surface area contributed by atoms with Crippen LogP contribution in [-0.4, -0.2) is 42.9 Å². The van der Waals surface area contributed by atoms with Gasteiger partial charge in [0.2, 0.25) is 11.8 Å². The Labute approximate surface area is 145 Å². The molecule has 1 heterocycles. The smallest absolute Gasteiger partial charge is 0.234 e. The largest absolute Gasteiger partial charge is 0.369 e. The van der Waals surface area contributed by atoms with Crippen molar-refractivity contribution < 1.29 is 9.59 Å². The first kappa shape index (κ1) is 17.5. The van der Waals surface area contributed by atoms with E-state index in [1.165, 1.54) is 12.8 Å². The Kier molecular flexibility index (Phi) is 5.00. The van der Waals surface area contributed by atoms with Crippen molar-refractivity contribution >= 4 is 11.8 Å². The van der Waals surface area contributed by atoms with Gasteiger partial charge in [-0.05, 0) is 62.4 Å². The van der Waals surface area contributed by atoms with Gasteiger partial charge < -0.3 is 11.1 Å². The molecule has 0 spiro atoms. The van der Waals surface area contributed by atoms with Gasteiger partial charge in [0.25, 0.3) is 0 Å². The van der Waals surface area contributed by atoms with Crippen LogP contribution in [0.4, 0.5) is 0 Å². The second kappa shape index (κ2) is 6.87. The molecule has 2 atom stereocenters. The average Bonchev–Trinajstić information content (AvgIpc) is 2.55. The molecule has 2 bridgehead atoms. The Hall–Kier alpha value is -1.36. The summed E-state index contributed by atoms with van der Waals surface area (Å²) in [5, 5.41) is 3.06. The minimum atomic E-state index is -0.207. The van der Waals surface area contributed by atoms with Crippen LogP contribution in [0.2, 0.25) is 0 Å². The maximum atomic E-state index is 12.1. The molecular weight excluding hydrogens is 302 g/mol. The van der Waals surface area contributed by atoms with E-state index in [0.717, 1.165) is 50.7 Å². The molecule has 0 aromatic rings. The maximum absolute atomic E-state index is 12.1. The molecule has 1 saturated carbocycles. The number of nitrogens with one attached hydrogen (secondary N) is 1. The number of carbonyl (C=O) groups excluding carboxylic acids is 2. The van der Waals surface area contributed by atoms with Crippen LogP contribution in [0.25, 0.3) is 0 Å². The number of fused-ring (bicyclic) bond motifs is 1. The van der Waals surface area contributed by atoms with Crippen molar-refractivity contribution in [3.8, 4) is 0 Å². The molecule has 2 fully saturated rings. The number of likely N-dealkylation sites (tertiary alicyclic amines) is 1. The minimum absolute atomic E-state index is 0.0165. The van der Waals surface area contributed by atoms with Gasteiger partial charge in [-0.25, -0.2) is 0 Å². The molecule has 5 nitrogen and oxygen atoms in total. The van der Waals surface area contributed by atoms with Crippen LogP contribution < -0.4 is 11.1 Å². The van der Waals surface area contributed by atoms with E-state index in [1.807, 2.05) is 0 Å². The van der Waals surface area contributed by atoms with Crippen LogP contribution >= 0.6 is 0 Å². The van der Waals surface area contributed by atoms with Crippen LogP contribution in [0.5, 0.6) is 0 Å². The summed E-state index contributed by atoms with van der Waals surface area (Å²) in [5.41, 5.74) is 7.35. The van der Waals surface area contributed by atoms with E-state index < -0.39 is 0 Å². The summed E-state index contributed by atoms with van der Waals surface area (Å²) >= 11 is 0. The van der Waals surface area contributed by atoms with Crippen LogP contribution in [-0.2, 0) is 9.59 Å². The molecule has 0 unspecified atom stereocenters. The van der Waals surface area contributed by atoms with Gasteiger partial charge in [0.05, 0.1) is 6.54 Å². The predicted octanol–water partition coefficient (Wildman–Crippen LogP) is 1.68. The van der Waals surface area contributed by atoms with Gasteiger partial charge in [0, 0.05) is 12.5 Å². The number of piperidine rings is 1. The van der Waals surface area contributed by atoms with Gasteiger partial charge in [-0.3, -0.25) is 14.5 Å². The number of hydrogen-bond donors (Lipinski definition) is 2. The SMILES string of the molecule is CC1(C)[C@H]2CC=C(CCNC(=O)CN3CCC(C(N)=O)CC3)[C@@H]1C2. The Bertz CT molecular complexity index is 533. The third-order valence-corrected chi connectivity index (χ3v) is 6.68. The highest BCUT2D eigenvalue weighted by atomic mass is 16.2. The molecule has 4 aliphatic rings. The fourth-order valence-electron chi connectivity index (χ4n) is 4.74. The predicted molar refractivity (Wildman–Crippen MR) is 94.1 cm³/mol. The van der Waals surface area contributed by atoms with Crippen molar-refractivity contribution in [3.63, 3.8) is 0 Å². The maximum Gasteiger partial charge on any atom is 0.234 e. The Morgan fingerprint density at radius 3 is 2.62 bits per heavy atom. The van der Waals surface area contributed by atoms with Gasteiger partial charge in [0.15, 0.2) is 0 Å². The number of nitrogens with two attached hydrogens (primary N) is 1. The zero-order valence-electron chi connectivity index (χ0n) is 15.0. The first-order valence-electron chi connectivity index (χ1n) is 9.35. The second-order valence-corrected chi connectivity index (χ2v) is 8.37. The van der Waals surface area contributed by atoms with E-state index in [-0.39, 0.29) is 17.7 Å². The van der Waals surface area contributed by atoms with E-state index in [4.69, 9.17) is 5.73 Å². The highest BCUT2D eigenvalue weighted by Crippen LogP contribution is 2.59. The van der Waals surface area contributed by atoms with E-state index in [0.29, 0.717) is 12.0 Å². The lowest BCUT2D eigenvalue weighted by molar-refractivity contribution is -0.124. The van der Waals surface area contributed by atoms with Gasteiger partial charge in [-0.15, -0.1) is 0 Å². The van der Waals surface area contributed by atoms with Crippen LogP contribution in [0, 0.1) is 23.2 Å². The highest BCUT2D eigenvalue weighted by Gasteiger charge is 2.50. The monoisotopic (exact) mass is 333 g/mol. The Morgan fingerprint density at radius 2 is 2.04 bits per heavy atom. The average molecular weight is 333 g/mol. The molecule has 134 valence electrons. The zero-order chi connectivity index (χ0) is 17.3. The first-order chi connectivity index (χ1) is 11.4. The normalized spacial score (nSPS) is 29.5. The molecule has 1 aliphatic heterocycles. The summed E-state index contributed by atoms with van der Waals surface area (Å²) in [4.78, 5) is 25.4. The van der Waals surface area contributed by atoms with Gasteiger partial charge >= 0.3 is 0 Å². The van der Waals surface area contributed by atoms with Crippen molar-refractivity contribution in [2.45, 2.75) is 46.0 Å². The number of carbonyl (C=O) groups is 2.